The van der Waals surface area contributed by atoms with Crippen molar-refractivity contribution in [3.63, 3.8) is 0 Å². The predicted octanol–water partition coefficient (Wildman–Crippen LogP) is 1.71. The number of carboxylic acids is 1. The van der Waals surface area contributed by atoms with Gasteiger partial charge in [0.2, 0.25) is 0 Å². The number of hydrogen-bond acceptors (Lipinski definition) is 6. The first-order chi connectivity index (χ1) is 13.4. The number of para-hydroxylation sites is 2. The number of nitrogens with zero attached hydrogens (tertiary/aromatic N) is 1. The molecule has 0 bridgehead atoms. The molecule has 0 fully saturated rings. The van der Waals surface area contributed by atoms with Gasteiger partial charge in [0.1, 0.15) is 5.70 Å². The van der Waals surface area contributed by atoms with Gasteiger partial charge in [-0.3, -0.25) is 9.69 Å². The van der Waals surface area contributed by atoms with E-state index in [4.69, 9.17) is 4.74 Å². The van der Waals surface area contributed by atoms with E-state index in [1.54, 1.807) is 56.3 Å². The number of anilines is 2. The summed E-state index contributed by atoms with van der Waals surface area (Å²) in [4.78, 5) is 38.5. The Labute approximate surface area is 162 Å². The van der Waals surface area contributed by atoms with E-state index in [9.17, 15) is 19.5 Å². The Balaban J connectivity index is 2.04. The van der Waals surface area contributed by atoms with Gasteiger partial charge in [0.25, 0.3) is 5.91 Å². The van der Waals surface area contributed by atoms with Crippen LogP contribution in [0.5, 0.6) is 0 Å². The number of aromatic carboxylic acids is 1. The molecule has 0 unspecified atom stereocenters. The van der Waals surface area contributed by atoms with Gasteiger partial charge in [0, 0.05) is 16.9 Å². The molecule has 28 heavy (non-hydrogen) atoms. The number of carbonyl (C=O) groups is 3. The van der Waals surface area contributed by atoms with Crippen molar-refractivity contribution in [1.82, 2.24) is 0 Å². The molecule has 7 nitrogen and oxygen atoms in total. The Hall–Kier alpha value is -3.61. The first-order valence-corrected chi connectivity index (χ1v) is 8.75. The van der Waals surface area contributed by atoms with E-state index in [-0.39, 0.29) is 23.6 Å². The third-order valence-corrected chi connectivity index (χ3v) is 4.44. The largest absolute Gasteiger partial charge is 0.545 e. The van der Waals surface area contributed by atoms with E-state index in [0.717, 1.165) is 0 Å². The zero-order valence-electron chi connectivity index (χ0n) is 15.5. The molecule has 1 aliphatic heterocycles. The molecule has 0 aromatic heterocycles. The predicted molar refractivity (Wildman–Crippen MR) is 101 cm³/mol. The van der Waals surface area contributed by atoms with Gasteiger partial charge in [-0.25, -0.2) is 4.79 Å². The van der Waals surface area contributed by atoms with Crippen molar-refractivity contribution in [2.45, 2.75) is 19.4 Å². The van der Waals surface area contributed by atoms with E-state index in [2.05, 4.69) is 5.32 Å². The van der Waals surface area contributed by atoms with Gasteiger partial charge >= 0.3 is 5.97 Å². The molecule has 3 rings (SSSR count). The smallest absolute Gasteiger partial charge is 0.336 e. The highest BCUT2D eigenvalue weighted by molar-refractivity contribution is 6.17. The highest BCUT2D eigenvalue weighted by Gasteiger charge is 2.49. The van der Waals surface area contributed by atoms with Crippen LogP contribution in [0.3, 0.4) is 0 Å². The summed E-state index contributed by atoms with van der Waals surface area (Å²) < 4.78 is 5.18. The van der Waals surface area contributed by atoms with Crippen molar-refractivity contribution in [3.8, 4) is 0 Å². The molecule has 1 heterocycles. The van der Waals surface area contributed by atoms with Crippen molar-refractivity contribution in [2.24, 2.45) is 0 Å². The fraction of sp³-hybridized carbons (Fsp3) is 0.190. The normalized spacial score (nSPS) is 18.6. The first kappa shape index (κ1) is 19.2. The van der Waals surface area contributed by atoms with Crippen LogP contribution < -0.4 is 15.3 Å². The van der Waals surface area contributed by atoms with Gasteiger partial charge in [-0.15, -0.1) is 0 Å². The fourth-order valence-corrected chi connectivity index (χ4v) is 3.13. The summed E-state index contributed by atoms with van der Waals surface area (Å²) in [5, 5.41) is 14.2. The number of hydrogen-bond donors (Lipinski definition) is 1. The molecule has 1 atom stereocenters. The fourth-order valence-electron chi connectivity index (χ4n) is 3.13. The minimum atomic E-state index is -1.38. The lowest BCUT2D eigenvalue weighted by Crippen LogP contribution is -2.51. The average molecular weight is 379 g/mol. The summed E-state index contributed by atoms with van der Waals surface area (Å²) in [6.07, 6.45) is 1.45. The third-order valence-electron chi connectivity index (χ3n) is 4.44. The molecule has 2 aromatic carbocycles. The van der Waals surface area contributed by atoms with Gasteiger partial charge in [-0.2, -0.15) is 0 Å². The lowest BCUT2D eigenvalue weighted by atomic mass is 10.0. The monoisotopic (exact) mass is 379 g/mol. The second-order valence-corrected chi connectivity index (χ2v) is 6.36. The summed E-state index contributed by atoms with van der Waals surface area (Å²) in [6, 6.07) is 14.8. The van der Waals surface area contributed by atoms with Gasteiger partial charge < -0.3 is 20.0 Å². The van der Waals surface area contributed by atoms with Crippen LogP contribution in [0, 0.1) is 0 Å². The maximum atomic E-state index is 13.1. The molecular weight excluding hydrogens is 360 g/mol. The molecule has 1 N–H and O–H groups in total. The Morgan fingerprint density at radius 3 is 2.39 bits per heavy atom. The van der Waals surface area contributed by atoms with Gasteiger partial charge in [0.15, 0.2) is 5.54 Å². The van der Waals surface area contributed by atoms with Crippen LogP contribution in [-0.4, -0.2) is 30.0 Å². The van der Waals surface area contributed by atoms with Crippen molar-refractivity contribution in [2.75, 3.05) is 16.8 Å². The molecule has 7 heteroatoms. The highest BCUT2D eigenvalue weighted by atomic mass is 16.5. The topological polar surface area (TPSA) is 98.8 Å². The summed E-state index contributed by atoms with van der Waals surface area (Å²) in [5.74, 6) is -2.44. The Kier molecular flexibility index (Phi) is 5.17. The van der Waals surface area contributed by atoms with E-state index >= 15 is 0 Å². The molecule has 0 radical (unpaired) electrons. The second kappa shape index (κ2) is 7.56. The number of amides is 1. The Morgan fingerprint density at radius 1 is 1.11 bits per heavy atom. The summed E-state index contributed by atoms with van der Waals surface area (Å²) in [7, 11) is 0. The molecule has 1 aliphatic rings. The van der Waals surface area contributed by atoms with Gasteiger partial charge in [-0.05, 0) is 38.1 Å². The number of esters is 1. The number of carboxylic acid groups (broad SMARTS) is 1. The van der Waals surface area contributed by atoms with E-state index < -0.39 is 23.4 Å². The molecular formula is C21H19N2O5-. The number of ether oxygens (including phenoxy) is 1. The van der Waals surface area contributed by atoms with Crippen molar-refractivity contribution in [1.29, 1.82) is 0 Å². The number of nitrogens with one attached hydrogen (secondary N) is 1. The lowest BCUT2D eigenvalue weighted by molar-refractivity contribution is -0.254. The minimum Gasteiger partial charge on any atom is -0.545 e. The molecule has 144 valence electrons. The SMILES string of the molecule is CCOC(=O)[C@]1(C)C=C(Nc2ccccc2C(=O)[O-])C(=O)N1c1ccccc1. The van der Waals surface area contributed by atoms with Crippen molar-refractivity contribution >= 4 is 29.2 Å². The Bertz CT molecular complexity index is 954. The average Bonchev–Trinajstić information content (AvgIpc) is 2.94. The van der Waals surface area contributed by atoms with Crippen LogP contribution in [-0.2, 0) is 14.3 Å². The molecule has 0 aliphatic carbocycles. The van der Waals surface area contributed by atoms with Crippen LogP contribution >= 0.6 is 0 Å². The van der Waals surface area contributed by atoms with Crippen LogP contribution in [0.2, 0.25) is 0 Å². The van der Waals surface area contributed by atoms with Crippen LogP contribution in [0.4, 0.5) is 11.4 Å². The molecule has 1 amide bonds. The maximum Gasteiger partial charge on any atom is 0.336 e. The molecule has 0 spiro atoms. The lowest BCUT2D eigenvalue weighted by Gasteiger charge is -2.32. The first-order valence-electron chi connectivity index (χ1n) is 8.75. The molecule has 0 saturated carbocycles. The quantitative estimate of drug-likeness (QED) is 0.768. The van der Waals surface area contributed by atoms with Crippen LogP contribution in [0.25, 0.3) is 0 Å². The zero-order chi connectivity index (χ0) is 20.3. The molecule has 2 aromatic rings. The third kappa shape index (κ3) is 3.34. The number of benzene rings is 2. The summed E-state index contributed by atoms with van der Waals surface area (Å²) in [6.45, 7) is 3.43. The Morgan fingerprint density at radius 2 is 1.75 bits per heavy atom. The number of carbonyl (C=O) groups excluding carboxylic acids is 3. The van der Waals surface area contributed by atoms with E-state index in [0.29, 0.717) is 5.69 Å². The number of rotatable bonds is 6. The van der Waals surface area contributed by atoms with Crippen LogP contribution in [0.1, 0.15) is 24.2 Å². The van der Waals surface area contributed by atoms with Gasteiger partial charge in [-0.1, -0.05) is 36.4 Å². The standard InChI is InChI=1S/C21H20N2O5/c1-3-28-20(27)21(2)13-17(18(24)23(21)14-9-5-4-6-10-14)22-16-12-8-7-11-15(16)19(25)26/h4-13,22H,3H2,1-2H3,(H,25,26)/p-1/t21-/m0/s1. The zero-order valence-corrected chi connectivity index (χ0v) is 15.5. The molecule has 0 saturated heterocycles. The van der Waals surface area contributed by atoms with Gasteiger partial charge in [0.05, 0.1) is 12.6 Å². The second-order valence-electron chi connectivity index (χ2n) is 6.36. The van der Waals surface area contributed by atoms with E-state index in [1.165, 1.54) is 23.1 Å². The van der Waals surface area contributed by atoms with Crippen molar-refractivity contribution < 1.29 is 24.2 Å². The highest BCUT2D eigenvalue weighted by Crippen LogP contribution is 2.35. The van der Waals surface area contributed by atoms with Crippen LogP contribution in [0.15, 0.2) is 66.4 Å². The minimum absolute atomic E-state index is 0.0770. The maximum absolute atomic E-state index is 13.1. The van der Waals surface area contributed by atoms with E-state index in [1.807, 2.05) is 0 Å². The summed E-state index contributed by atoms with van der Waals surface area (Å²) >= 11 is 0. The van der Waals surface area contributed by atoms with Crippen molar-refractivity contribution in [3.05, 3.63) is 71.9 Å². The summed E-state index contributed by atoms with van der Waals surface area (Å²) in [5.41, 5.74) is -0.680.